The van der Waals surface area contributed by atoms with Crippen LogP contribution >= 0.6 is 0 Å². The largest absolute Gasteiger partial charge is 0.274 e. The van der Waals surface area contributed by atoms with Gasteiger partial charge in [0, 0.05) is 6.54 Å². The van der Waals surface area contributed by atoms with E-state index in [9.17, 15) is 0 Å². The van der Waals surface area contributed by atoms with Crippen LogP contribution in [-0.4, -0.2) is 19.6 Å². The summed E-state index contributed by atoms with van der Waals surface area (Å²) >= 11 is 0. The minimum Gasteiger partial charge on any atom is -0.274 e. The van der Waals surface area contributed by atoms with Crippen molar-refractivity contribution >= 4 is 13.1 Å². The summed E-state index contributed by atoms with van der Waals surface area (Å²) in [6.45, 7) is 6.28. The van der Waals surface area contributed by atoms with E-state index in [0.717, 1.165) is 13.0 Å². The molecule has 0 unspecified atom stereocenters. The van der Waals surface area contributed by atoms with Gasteiger partial charge in [-0.15, -0.1) is 0 Å². The Morgan fingerprint density at radius 1 is 1.62 bits per heavy atom. The van der Waals surface area contributed by atoms with Crippen LogP contribution in [0.4, 0.5) is 0 Å². The van der Waals surface area contributed by atoms with Gasteiger partial charge in [0.1, 0.15) is 6.34 Å². The Morgan fingerprint density at radius 3 is 2.88 bits per heavy atom. The van der Waals surface area contributed by atoms with Gasteiger partial charge in [-0.1, -0.05) is 13.3 Å². The Kier molecular flexibility index (Phi) is 5.82. The first kappa shape index (κ1) is 7.34. The third-order valence-corrected chi connectivity index (χ3v) is 0.804. The molecule has 2 nitrogen and oxygen atoms in total. The maximum Gasteiger partial charge on any atom is 0.109 e. The molecule has 0 amide bonds. The summed E-state index contributed by atoms with van der Waals surface area (Å²) in [4.78, 5) is 7.39. The summed E-state index contributed by atoms with van der Waals surface area (Å²) in [6.07, 6.45) is 3.83. The predicted molar refractivity (Wildman–Crippen MR) is 37.8 cm³/mol. The second-order valence-electron chi connectivity index (χ2n) is 1.56. The van der Waals surface area contributed by atoms with E-state index in [0.29, 0.717) is 0 Å². The molecule has 0 N–H and O–H groups in total. The van der Waals surface area contributed by atoms with Gasteiger partial charge in [-0.25, -0.2) is 0 Å². The van der Waals surface area contributed by atoms with Crippen molar-refractivity contribution in [3.8, 4) is 0 Å². The van der Waals surface area contributed by atoms with E-state index in [-0.39, 0.29) is 0 Å². The molecule has 0 bridgehead atoms. The topological polar surface area (TPSA) is 24.7 Å². The van der Waals surface area contributed by atoms with Gasteiger partial charge in [0.25, 0.3) is 0 Å². The van der Waals surface area contributed by atoms with Crippen molar-refractivity contribution in [1.82, 2.24) is 0 Å². The summed E-state index contributed by atoms with van der Waals surface area (Å²) in [7, 11) is 0. The van der Waals surface area contributed by atoms with E-state index >= 15 is 0 Å². The van der Waals surface area contributed by atoms with Crippen LogP contribution in [0.25, 0.3) is 0 Å². The average Bonchev–Trinajstić information content (AvgIpc) is 1.81. The quantitative estimate of drug-likeness (QED) is 0.299. The monoisotopic (exact) mass is 112 g/mol. The normalized spacial score (nSPS) is 10.1. The molecule has 46 valence electrons. The van der Waals surface area contributed by atoms with Gasteiger partial charge >= 0.3 is 0 Å². The third kappa shape index (κ3) is 5.34. The molecule has 0 fully saturated rings. The van der Waals surface area contributed by atoms with Crippen LogP contribution in [0.2, 0.25) is 0 Å². The number of hydrogen-bond donors (Lipinski definition) is 0. The molecule has 0 aliphatic heterocycles. The number of nitrogens with zero attached hydrogens (tertiary/aromatic N) is 2. The van der Waals surface area contributed by atoms with E-state index in [1.807, 2.05) is 0 Å². The highest BCUT2D eigenvalue weighted by Gasteiger charge is 1.74. The van der Waals surface area contributed by atoms with Crippen molar-refractivity contribution in [2.24, 2.45) is 9.98 Å². The molecule has 0 saturated heterocycles. The second kappa shape index (κ2) is 6.34. The van der Waals surface area contributed by atoms with Crippen LogP contribution in [0, 0.1) is 0 Å². The third-order valence-electron chi connectivity index (χ3n) is 0.804. The van der Waals surface area contributed by atoms with Gasteiger partial charge in [0.15, 0.2) is 0 Å². The molecule has 0 aromatic rings. The molecular formula is C6H12N2. The minimum absolute atomic E-state index is 0.884. The fourth-order valence-electron chi connectivity index (χ4n) is 0.365. The number of rotatable bonds is 4. The van der Waals surface area contributed by atoms with E-state index in [4.69, 9.17) is 0 Å². The summed E-state index contributed by atoms with van der Waals surface area (Å²) in [5.41, 5.74) is 0. The summed E-state index contributed by atoms with van der Waals surface area (Å²) in [5.74, 6) is 0. The fourth-order valence-corrected chi connectivity index (χ4v) is 0.365. The van der Waals surface area contributed by atoms with Gasteiger partial charge in [-0.2, -0.15) is 0 Å². The zero-order valence-electron chi connectivity index (χ0n) is 5.30. The first-order valence-corrected chi connectivity index (χ1v) is 2.86. The Labute approximate surface area is 50.4 Å². The van der Waals surface area contributed by atoms with E-state index in [1.165, 1.54) is 12.8 Å². The van der Waals surface area contributed by atoms with Crippen LogP contribution in [-0.2, 0) is 0 Å². The van der Waals surface area contributed by atoms with Gasteiger partial charge in [-0.3, -0.25) is 9.98 Å². The van der Waals surface area contributed by atoms with Crippen molar-refractivity contribution < 1.29 is 0 Å². The SMILES string of the molecule is C=NC=NCCCC. The zero-order valence-corrected chi connectivity index (χ0v) is 5.30. The lowest BCUT2D eigenvalue weighted by molar-refractivity contribution is 0.809. The van der Waals surface area contributed by atoms with Crippen LogP contribution < -0.4 is 0 Å². The van der Waals surface area contributed by atoms with Crippen molar-refractivity contribution in [1.29, 1.82) is 0 Å². The Morgan fingerprint density at radius 2 is 2.38 bits per heavy atom. The zero-order chi connectivity index (χ0) is 6.24. The Hall–Kier alpha value is -0.660. The first-order valence-electron chi connectivity index (χ1n) is 2.86. The smallest absolute Gasteiger partial charge is 0.109 e. The van der Waals surface area contributed by atoms with E-state index in [1.54, 1.807) is 0 Å². The maximum absolute atomic E-state index is 3.93. The molecule has 0 spiro atoms. The number of aliphatic imine (C=N–C) groups is 2. The van der Waals surface area contributed by atoms with Gasteiger partial charge < -0.3 is 0 Å². The van der Waals surface area contributed by atoms with Crippen molar-refractivity contribution in [3.63, 3.8) is 0 Å². The summed E-state index contributed by atoms with van der Waals surface area (Å²) in [6, 6.07) is 0. The standard InChI is InChI=1S/C6H12N2/c1-3-4-5-8-6-7-2/h6H,2-5H2,1H3. The lowest BCUT2D eigenvalue weighted by Crippen LogP contribution is -1.77. The lowest BCUT2D eigenvalue weighted by Gasteiger charge is -1.84. The van der Waals surface area contributed by atoms with Crippen LogP contribution in [0.15, 0.2) is 9.98 Å². The van der Waals surface area contributed by atoms with E-state index < -0.39 is 0 Å². The van der Waals surface area contributed by atoms with Crippen molar-refractivity contribution in [2.75, 3.05) is 6.54 Å². The molecule has 2 heteroatoms. The molecule has 0 aromatic carbocycles. The molecule has 0 heterocycles. The van der Waals surface area contributed by atoms with Crippen molar-refractivity contribution in [2.45, 2.75) is 19.8 Å². The van der Waals surface area contributed by atoms with Crippen LogP contribution in [0.1, 0.15) is 19.8 Å². The molecule has 0 saturated carbocycles. The second-order valence-corrected chi connectivity index (χ2v) is 1.56. The summed E-state index contributed by atoms with van der Waals surface area (Å²) in [5, 5.41) is 0. The molecule has 0 radical (unpaired) electrons. The average molecular weight is 112 g/mol. The highest BCUT2D eigenvalue weighted by Crippen LogP contribution is 1.84. The molecular weight excluding hydrogens is 100 g/mol. The fraction of sp³-hybridized carbons (Fsp3) is 0.667. The molecule has 0 aromatic heterocycles. The molecule has 0 atom stereocenters. The predicted octanol–water partition coefficient (Wildman–Crippen LogP) is 1.52. The maximum atomic E-state index is 3.93. The molecule has 0 aliphatic rings. The van der Waals surface area contributed by atoms with Crippen LogP contribution in [0.5, 0.6) is 0 Å². The molecule has 8 heavy (non-hydrogen) atoms. The molecule has 0 aliphatic carbocycles. The molecule has 0 rings (SSSR count). The first-order chi connectivity index (χ1) is 3.91. The highest BCUT2D eigenvalue weighted by molar-refractivity contribution is 5.61. The van der Waals surface area contributed by atoms with E-state index in [2.05, 4.69) is 23.6 Å². The highest BCUT2D eigenvalue weighted by atomic mass is 14.8. The Balaban J connectivity index is 2.91. The van der Waals surface area contributed by atoms with Crippen molar-refractivity contribution in [3.05, 3.63) is 0 Å². The lowest BCUT2D eigenvalue weighted by atomic mass is 10.3. The number of unbranched alkanes of at least 4 members (excludes halogenated alkanes) is 1. The Bertz CT molecular complexity index is 76.6. The van der Waals surface area contributed by atoms with Gasteiger partial charge in [0.05, 0.1) is 0 Å². The van der Waals surface area contributed by atoms with Crippen LogP contribution in [0.3, 0.4) is 0 Å². The van der Waals surface area contributed by atoms with Gasteiger partial charge in [0.2, 0.25) is 0 Å². The number of hydrogen-bond acceptors (Lipinski definition) is 1. The van der Waals surface area contributed by atoms with Gasteiger partial charge in [-0.05, 0) is 13.1 Å². The summed E-state index contributed by atoms with van der Waals surface area (Å²) < 4.78 is 0. The minimum atomic E-state index is 0.884.